The first-order valence-electron chi connectivity index (χ1n) is 5.16. The number of nitrogens with one attached hydrogen (secondary N) is 2. The fraction of sp³-hybridized carbons (Fsp3) is 0.273. The number of fused-ring (bicyclic) bond motifs is 1. The van der Waals surface area contributed by atoms with Crippen LogP contribution in [0.15, 0.2) is 29.4 Å². The number of rotatable bonds is 4. The molecule has 2 rings (SSSR count). The van der Waals surface area contributed by atoms with E-state index in [1.807, 2.05) is 31.2 Å². The Morgan fingerprint density at radius 2 is 2.31 bits per heavy atom. The van der Waals surface area contributed by atoms with Gasteiger partial charge in [-0.25, -0.2) is 4.98 Å². The number of thioether (sulfide) groups is 1. The summed E-state index contributed by atoms with van der Waals surface area (Å²) in [7, 11) is 0. The Balaban J connectivity index is 2.24. The third-order valence-electron chi connectivity index (χ3n) is 2.34. The number of imidazole rings is 1. The summed E-state index contributed by atoms with van der Waals surface area (Å²) in [6.45, 7) is 2.02. The van der Waals surface area contributed by atoms with Crippen LogP contribution < -0.4 is 5.73 Å². The van der Waals surface area contributed by atoms with Gasteiger partial charge < -0.3 is 10.7 Å². The number of aromatic amines is 1. The van der Waals surface area contributed by atoms with Gasteiger partial charge in [0.15, 0.2) is 5.16 Å². The molecule has 1 aromatic heterocycles. The Morgan fingerprint density at radius 3 is 2.94 bits per heavy atom. The molecule has 0 spiro atoms. The van der Waals surface area contributed by atoms with Crippen molar-refractivity contribution in [2.24, 2.45) is 5.73 Å². The van der Waals surface area contributed by atoms with Gasteiger partial charge in [0.1, 0.15) is 5.84 Å². The lowest BCUT2D eigenvalue weighted by atomic mass is 10.3. The molecule has 5 heteroatoms. The first kappa shape index (κ1) is 11.0. The maximum absolute atomic E-state index is 7.45. The molecule has 0 radical (unpaired) electrons. The standard InChI is InChI=1S/C11H14N4S/c1-2-9(10(12)13)16-11-14-7-5-3-4-6-8(7)15-11/h3-6,9H,2H2,1H3,(H3,12,13)(H,14,15). The molecule has 4 nitrogen and oxygen atoms in total. The maximum Gasteiger partial charge on any atom is 0.167 e. The van der Waals surface area contributed by atoms with E-state index in [-0.39, 0.29) is 11.1 Å². The van der Waals surface area contributed by atoms with E-state index in [0.29, 0.717) is 0 Å². The molecular weight excluding hydrogens is 220 g/mol. The zero-order valence-electron chi connectivity index (χ0n) is 9.03. The van der Waals surface area contributed by atoms with Crippen molar-refractivity contribution in [2.45, 2.75) is 23.8 Å². The maximum atomic E-state index is 7.45. The Bertz CT molecular complexity index is 472. The third-order valence-corrected chi connectivity index (χ3v) is 3.63. The molecule has 2 aromatic rings. The monoisotopic (exact) mass is 234 g/mol. The highest BCUT2D eigenvalue weighted by atomic mass is 32.2. The van der Waals surface area contributed by atoms with Gasteiger partial charge in [0.05, 0.1) is 16.3 Å². The smallest absolute Gasteiger partial charge is 0.167 e. The van der Waals surface area contributed by atoms with Crippen molar-refractivity contribution >= 4 is 28.6 Å². The molecule has 4 N–H and O–H groups in total. The van der Waals surface area contributed by atoms with Crippen LogP contribution >= 0.6 is 11.8 Å². The summed E-state index contributed by atoms with van der Waals surface area (Å²) in [6.07, 6.45) is 0.830. The van der Waals surface area contributed by atoms with Crippen LogP contribution in [-0.2, 0) is 0 Å². The summed E-state index contributed by atoms with van der Waals surface area (Å²) < 4.78 is 0. The van der Waals surface area contributed by atoms with E-state index in [4.69, 9.17) is 11.1 Å². The lowest BCUT2D eigenvalue weighted by Crippen LogP contribution is -2.24. The Labute approximate surface area is 98.1 Å². The molecule has 0 saturated heterocycles. The summed E-state index contributed by atoms with van der Waals surface area (Å²) in [5, 5.41) is 8.27. The molecule has 1 atom stereocenters. The van der Waals surface area contributed by atoms with Crippen molar-refractivity contribution in [1.82, 2.24) is 9.97 Å². The number of hydrogen-bond donors (Lipinski definition) is 3. The van der Waals surface area contributed by atoms with Crippen LogP contribution in [0.1, 0.15) is 13.3 Å². The van der Waals surface area contributed by atoms with Crippen LogP contribution in [0, 0.1) is 5.41 Å². The fourth-order valence-corrected chi connectivity index (χ4v) is 2.37. The number of hydrogen-bond acceptors (Lipinski definition) is 3. The van der Waals surface area contributed by atoms with Crippen LogP contribution in [0.25, 0.3) is 11.0 Å². The van der Waals surface area contributed by atoms with Gasteiger partial charge in [0.2, 0.25) is 0 Å². The molecule has 0 amide bonds. The number of para-hydroxylation sites is 2. The topological polar surface area (TPSA) is 78.5 Å². The molecule has 0 saturated carbocycles. The zero-order chi connectivity index (χ0) is 11.5. The van der Waals surface area contributed by atoms with Crippen molar-refractivity contribution in [2.75, 3.05) is 0 Å². The quantitative estimate of drug-likeness (QED) is 0.431. The van der Waals surface area contributed by atoms with E-state index in [0.717, 1.165) is 22.6 Å². The summed E-state index contributed by atoms with van der Waals surface area (Å²) in [5.41, 5.74) is 7.47. The largest absolute Gasteiger partial charge is 0.387 e. The minimum absolute atomic E-state index is 0.000521. The number of aromatic nitrogens is 2. The van der Waals surface area contributed by atoms with Crippen molar-refractivity contribution < 1.29 is 0 Å². The highest BCUT2D eigenvalue weighted by molar-refractivity contribution is 8.00. The number of H-pyrrole nitrogens is 1. The molecule has 16 heavy (non-hydrogen) atoms. The van der Waals surface area contributed by atoms with Gasteiger partial charge in [-0.1, -0.05) is 30.8 Å². The highest BCUT2D eigenvalue weighted by Gasteiger charge is 2.13. The van der Waals surface area contributed by atoms with Crippen LogP contribution in [0.4, 0.5) is 0 Å². The zero-order valence-corrected chi connectivity index (χ0v) is 9.84. The number of nitrogens with zero attached hydrogens (tertiary/aromatic N) is 1. The average Bonchev–Trinajstić information content (AvgIpc) is 2.67. The van der Waals surface area contributed by atoms with Crippen LogP contribution in [-0.4, -0.2) is 21.1 Å². The molecule has 1 heterocycles. The summed E-state index contributed by atoms with van der Waals surface area (Å²) in [5.74, 6) is 0.202. The first-order chi connectivity index (χ1) is 7.70. The van der Waals surface area contributed by atoms with E-state index < -0.39 is 0 Å². The van der Waals surface area contributed by atoms with Crippen LogP contribution in [0.5, 0.6) is 0 Å². The normalized spacial score (nSPS) is 12.8. The SMILES string of the molecule is CCC(Sc1nc2ccccc2[nH]1)C(=N)N. The number of amidine groups is 1. The minimum atomic E-state index is 0.000521. The van der Waals surface area contributed by atoms with E-state index in [9.17, 15) is 0 Å². The second kappa shape index (κ2) is 4.57. The summed E-state index contributed by atoms with van der Waals surface area (Å²) >= 11 is 1.51. The molecule has 1 aromatic carbocycles. The van der Waals surface area contributed by atoms with Crippen molar-refractivity contribution in [3.63, 3.8) is 0 Å². The summed E-state index contributed by atoms with van der Waals surface area (Å²) in [4.78, 5) is 7.65. The van der Waals surface area contributed by atoms with Gasteiger partial charge >= 0.3 is 0 Å². The van der Waals surface area contributed by atoms with Gasteiger partial charge in [-0.15, -0.1) is 0 Å². The van der Waals surface area contributed by atoms with Crippen molar-refractivity contribution in [1.29, 1.82) is 5.41 Å². The fourth-order valence-electron chi connectivity index (χ4n) is 1.49. The second-order valence-corrected chi connectivity index (χ2v) is 4.72. The van der Waals surface area contributed by atoms with E-state index >= 15 is 0 Å². The van der Waals surface area contributed by atoms with Crippen molar-refractivity contribution in [3.05, 3.63) is 24.3 Å². The average molecular weight is 234 g/mol. The van der Waals surface area contributed by atoms with Crippen molar-refractivity contribution in [3.8, 4) is 0 Å². The lowest BCUT2D eigenvalue weighted by molar-refractivity contribution is 0.975. The minimum Gasteiger partial charge on any atom is -0.387 e. The van der Waals surface area contributed by atoms with E-state index in [1.54, 1.807) is 0 Å². The molecule has 0 bridgehead atoms. The number of nitrogens with two attached hydrogens (primary N) is 1. The Kier molecular flexibility index (Phi) is 3.14. The second-order valence-electron chi connectivity index (χ2n) is 3.53. The molecule has 1 unspecified atom stereocenters. The lowest BCUT2D eigenvalue weighted by Gasteiger charge is -2.09. The molecule has 0 fully saturated rings. The van der Waals surface area contributed by atoms with E-state index in [2.05, 4.69) is 9.97 Å². The number of benzene rings is 1. The highest BCUT2D eigenvalue weighted by Crippen LogP contribution is 2.24. The third kappa shape index (κ3) is 2.19. The molecule has 0 aliphatic heterocycles. The van der Waals surface area contributed by atoms with Gasteiger partial charge in [0, 0.05) is 0 Å². The van der Waals surface area contributed by atoms with E-state index in [1.165, 1.54) is 11.8 Å². The van der Waals surface area contributed by atoms with Gasteiger partial charge in [0.25, 0.3) is 0 Å². The molecule has 0 aliphatic carbocycles. The predicted molar refractivity (Wildman–Crippen MR) is 67.9 cm³/mol. The van der Waals surface area contributed by atoms with Crippen LogP contribution in [0.3, 0.4) is 0 Å². The Hall–Kier alpha value is -1.49. The summed E-state index contributed by atoms with van der Waals surface area (Å²) in [6, 6.07) is 7.88. The van der Waals surface area contributed by atoms with Gasteiger partial charge in [-0.2, -0.15) is 0 Å². The van der Waals surface area contributed by atoms with Gasteiger partial charge in [-0.05, 0) is 18.6 Å². The molecule has 0 aliphatic rings. The molecule has 84 valence electrons. The van der Waals surface area contributed by atoms with Gasteiger partial charge in [-0.3, -0.25) is 5.41 Å². The predicted octanol–water partition coefficient (Wildman–Crippen LogP) is 2.37. The van der Waals surface area contributed by atoms with Crippen LogP contribution in [0.2, 0.25) is 0 Å². The Morgan fingerprint density at radius 1 is 1.56 bits per heavy atom. The molecular formula is C11H14N4S. The first-order valence-corrected chi connectivity index (χ1v) is 6.04.